The summed E-state index contributed by atoms with van der Waals surface area (Å²) in [6, 6.07) is 7.38. The molecule has 0 saturated carbocycles. The van der Waals surface area contributed by atoms with Gasteiger partial charge in [-0.25, -0.2) is 4.79 Å². The van der Waals surface area contributed by atoms with Gasteiger partial charge in [0.05, 0.1) is 16.6 Å². The summed E-state index contributed by atoms with van der Waals surface area (Å²) >= 11 is 9.48. The average molecular weight is 439 g/mol. The Labute approximate surface area is 161 Å². The van der Waals surface area contributed by atoms with Crippen LogP contribution < -0.4 is 5.32 Å². The molecule has 0 aliphatic carbocycles. The van der Waals surface area contributed by atoms with Gasteiger partial charge in [-0.05, 0) is 27.6 Å². The molecular weight excluding hydrogens is 426 g/mol. The second kappa shape index (κ2) is 7.30. The molecular formula is C16H13BrClN5O3. The van der Waals surface area contributed by atoms with Crippen molar-refractivity contribution in [1.82, 2.24) is 19.6 Å². The summed E-state index contributed by atoms with van der Waals surface area (Å²) in [6.07, 6.45) is 3.04. The number of aromatic nitrogens is 4. The summed E-state index contributed by atoms with van der Waals surface area (Å²) in [5, 5.41) is 20.4. The molecule has 0 radical (unpaired) electrons. The molecule has 0 fully saturated rings. The highest BCUT2D eigenvalue weighted by molar-refractivity contribution is 9.10. The predicted octanol–water partition coefficient (Wildman–Crippen LogP) is 3.03. The third kappa shape index (κ3) is 3.78. The SMILES string of the molecule is Cn1cc(C(=O)Nc2nn(Cc3ccccc3Cl)cc2Br)c(C(=O)O)n1. The van der Waals surface area contributed by atoms with E-state index in [1.807, 2.05) is 18.2 Å². The van der Waals surface area contributed by atoms with Crippen LogP contribution in [0.4, 0.5) is 5.82 Å². The van der Waals surface area contributed by atoms with Crippen LogP contribution in [0.25, 0.3) is 0 Å². The lowest BCUT2D eigenvalue weighted by Gasteiger charge is -2.04. The van der Waals surface area contributed by atoms with Crippen LogP contribution in [0.2, 0.25) is 5.02 Å². The van der Waals surface area contributed by atoms with Crippen LogP contribution in [0.5, 0.6) is 0 Å². The summed E-state index contributed by atoms with van der Waals surface area (Å²) in [5.41, 5.74) is 0.506. The lowest BCUT2D eigenvalue weighted by Crippen LogP contribution is -2.16. The number of carbonyl (C=O) groups is 2. The molecule has 26 heavy (non-hydrogen) atoms. The number of rotatable bonds is 5. The van der Waals surface area contributed by atoms with Gasteiger partial charge in [0.2, 0.25) is 0 Å². The molecule has 134 valence electrons. The molecule has 0 aliphatic rings. The van der Waals surface area contributed by atoms with Gasteiger partial charge < -0.3 is 10.4 Å². The van der Waals surface area contributed by atoms with E-state index in [0.29, 0.717) is 16.0 Å². The van der Waals surface area contributed by atoms with E-state index in [2.05, 4.69) is 31.4 Å². The Morgan fingerprint density at radius 2 is 2.00 bits per heavy atom. The molecule has 2 heterocycles. The van der Waals surface area contributed by atoms with E-state index in [-0.39, 0.29) is 17.1 Å². The monoisotopic (exact) mass is 437 g/mol. The number of carbonyl (C=O) groups excluding carboxylic acids is 1. The third-order valence-electron chi connectivity index (χ3n) is 3.52. The fourth-order valence-corrected chi connectivity index (χ4v) is 2.96. The van der Waals surface area contributed by atoms with E-state index in [9.17, 15) is 9.59 Å². The Bertz CT molecular complexity index is 998. The molecule has 2 aromatic heterocycles. The summed E-state index contributed by atoms with van der Waals surface area (Å²) in [6.45, 7) is 0.418. The Morgan fingerprint density at radius 3 is 2.69 bits per heavy atom. The first-order chi connectivity index (χ1) is 12.3. The molecule has 0 unspecified atom stereocenters. The van der Waals surface area contributed by atoms with Crippen molar-refractivity contribution < 1.29 is 14.7 Å². The lowest BCUT2D eigenvalue weighted by atomic mass is 10.2. The fourth-order valence-electron chi connectivity index (χ4n) is 2.35. The number of halogens is 2. The molecule has 10 heteroatoms. The van der Waals surface area contributed by atoms with E-state index >= 15 is 0 Å². The Morgan fingerprint density at radius 1 is 1.27 bits per heavy atom. The average Bonchev–Trinajstić information content (AvgIpc) is 3.13. The largest absolute Gasteiger partial charge is 0.476 e. The van der Waals surface area contributed by atoms with Crippen molar-refractivity contribution in [2.24, 2.45) is 7.05 Å². The van der Waals surface area contributed by atoms with Gasteiger partial charge in [-0.15, -0.1) is 0 Å². The number of anilines is 1. The number of nitrogens with zero attached hydrogens (tertiary/aromatic N) is 4. The predicted molar refractivity (Wildman–Crippen MR) is 98.6 cm³/mol. The fraction of sp³-hybridized carbons (Fsp3) is 0.125. The van der Waals surface area contributed by atoms with E-state index in [0.717, 1.165) is 5.56 Å². The number of aromatic carboxylic acids is 1. The van der Waals surface area contributed by atoms with Gasteiger partial charge >= 0.3 is 5.97 Å². The summed E-state index contributed by atoms with van der Waals surface area (Å²) < 4.78 is 3.43. The lowest BCUT2D eigenvalue weighted by molar-refractivity contribution is 0.0685. The highest BCUT2D eigenvalue weighted by atomic mass is 79.9. The quantitative estimate of drug-likeness (QED) is 0.637. The summed E-state index contributed by atoms with van der Waals surface area (Å²) in [7, 11) is 1.54. The standard InChI is InChI=1S/C16H13BrClN5O3/c1-22-7-10(13(20-22)16(25)26)15(24)19-14-11(17)8-23(21-14)6-9-4-2-3-5-12(9)18/h2-5,7-8H,6H2,1H3,(H,25,26)(H,19,21,24). The normalized spacial score (nSPS) is 10.7. The van der Waals surface area contributed by atoms with Crippen LogP contribution in [0.15, 0.2) is 41.1 Å². The Hall–Kier alpha value is -2.65. The maximum absolute atomic E-state index is 12.4. The van der Waals surface area contributed by atoms with E-state index in [1.54, 1.807) is 16.9 Å². The highest BCUT2D eigenvalue weighted by Crippen LogP contribution is 2.23. The van der Waals surface area contributed by atoms with E-state index in [1.165, 1.54) is 17.9 Å². The first kappa shape index (κ1) is 18.2. The van der Waals surface area contributed by atoms with Crippen LogP contribution in [-0.2, 0) is 13.6 Å². The summed E-state index contributed by atoms with van der Waals surface area (Å²) in [5.74, 6) is -1.62. The Kier molecular flexibility index (Phi) is 5.10. The number of hydrogen-bond donors (Lipinski definition) is 2. The molecule has 3 rings (SSSR count). The maximum Gasteiger partial charge on any atom is 0.357 e. The minimum absolute atomic E-state index is 0.0486. The molecule has 3 aromatic rings. The molecule has 1 amide bonds. The van der Waals surface area contributed by atoms with Crippen molar-refractivity contribution in [2.75, 3.05) is 5.32 Å². The minimum Gasteiger partial charge on any atom is -0.476 e. The van der Waals surface area contributed by atoms with Gasteiger partial charge in [-0.3, -0.25) is 14.2 Å². The van der Waals surface area contributed by atoms with Crippen LogP contribution in [0.1, 0.15) is 26.4 Å². The molecule has 0 saturated heterocycles. The Balaban J connectivity index is 1.81. The van der Waals surface area contributed by atoms with Gasteiger partial charge in [0.1, 0.15) is 0 Å². The molecule has 0 bridgehead atoms. The van der Waals surface area contributed by atoms with Gasteiger partial charge in [0, 0.05) is 24.5 Å². The zero-order valence-electron chi connectivity index (χ0n) is 13.5. The zero-order chi connectivity index (χ0) is 18.8. The van der Waals surface area contributed by atoms with Crippen LogP contribution in [0.3, 0.4) is 0 Å². The molecule has 8 nitrogen and oxygen atoms in total. The van der Waals surface area contributed by atoms with Crippen molar-refractivity contribution >= 4 is 45.2 Å². The number of benzene rings is 1. The van der Waals surface area contributed by atoms with Crippen LogP contribution in [-0.4, -0.2) is 36.5 Å². The number of carboxylic acids is 1. The smallest absolute Gasteiger partial charge is 0.357 e. The van der Waals surface area contributed by atoms with E-state index < -0.39 is 11.9 Å². The second-order valence-electron chi connectivity index (χ2n) is 5.44. The molecule has 0 aliphatic heterocycles. The van der Waals surface area contributed by atoms with Crippen molar-refractivity contribution in [3.05, 3.63) is 63.0 Å². The number of carboxylic acid groups (broad SMARTS) is 1. The van der Waals surface area contributed by atoms with Gasteiger partial charge in [0.25, 0.3) is 5.91 Å². The second-order valence-corrected chi connectivity index (χ2v) is 6.70. The molecule has 0 spiro atoms. The molecule has 1 aromatic carbocycles. The maximum atomic E-state index is 12.4. The zero-order valence-corrected chi connectivity index (χ0v) is 15.8. The number of hydrogen-bond acceptors (Lipinski definition) is 4. The van der Waals surface area contributed by atoms with Crippen LogP contribution in [0, 0.1) is 0 Å². The first-order valence-electron chi connectivity index (χ1n) is 7.40. The van der Waals surface area contributed by atoms with Crippen molar-refractivity contribution in [2.45, 2.75) is 6.54 Å². The van der Waals surface area contributed by atoms with Crippen molar-refractivity contribution in [1.29, 1.82) is 0 Å². The molecule has 2 N–H and O–H groups in total. The number of aryl methyl sites for hydroxylation is 1. The van der Waals surface area contributed by atoms with Gasteiger partial charge in [-0.1, -0.05) is 29.8 Å². The minimum atomic E-state index is -1.28. The highest BCUT2D eigenvalue weighted by Gasteiger charge is 2.22. The summed E-state index contributed by atoms with van der Waals surface area (Å²) in [4.78, 5) is 23.6. The third-order valence-corrected chi connectivity index (χ3v) is 4.46. The van der Waals surface area contributed by atoms with Gasteiger partial charge in [-0.2, -0.15) is 10.2 Å². The van der Waals surface area contributed by atoms with E-state index in [4.69, 9.17) is 16.7 Å². The number of amides is 1. The topological polar surface area (TPSA) is 102 Å². The first-order valence-corrected chi connectivity index (χ1v) is 8.57. The molecule has 0 atom stereocenters. The number of nitrogens with one attached hydrogen (secondary N) is 1. The van der Waals surface area contributed by atoms with Crippen molar-refractivity contribution in [3.63, 3.8) is 0 Å². The van der Waals surface area contributed by atoms with Gasteiger partial charge in [0.15, 0.2) is 11.5 Å². The van der Waals surface area contributed by atoms with Crippen molar-refractivity contribution in [3.8, 4) is 0 Å². The van der Waals surface area contributed by atoms with Crippen LogP contribution >= 0.6 is 27.5 Å².